The van der Waals surface area contributed by atoms with Gasteiger partial charge in [0.1, 0.15) is 13.2 Å². The van der Waals surface area contributed by atoms with Gasteiger partial charge in [-0.05, 0) is 12.8 Å². The number of likely N-dealkylation sites (N-methyl/N-ethyl adjacent to an activating group) is 1. The average molecular weight is 939 g/mol. The first-order chi connectivity index (χ1) is 32.1. The van der Waals surface area contributed by atoms with Gasteiger partial charge in [0.25, 0.3) is 0 Å². The van der Waals surface area contributed by atoms with E-state index in [1.54, 1.807) is 0 Å². The second kappa shape index (κ2) is 49.7. The number of hydrogen-bond acceptors (Lipinski definition) is 8. The molecule has 0 radical (unpaired) electrons. The molecule has 0 fully saturated rings. The topological polar surface area (TPSA) is 111 Å². The number of nitrogens with zero attached hydrogens (tertiary/aromatic N) is 1. The van der Waals surface area contributed by atoms with E-state index in [4.69, 9.17) is 18.9 Å². The first kappa shape index (κ1) is 64.3. The van der Waals surface area contributed by atoms with Crippen LogP contribution in [-0.4, -0.2) is 82.3 Å². The second-order valence-corrected chi connectivity index (χ2v) is 21.0. The zero-order valence-corrected chi connectivity index (χ0v) is 44.6. The molecule has 0 aliphatic rings. The summed E-state index contributed by atoms with van der Waals surface area (Å²) in [7, 11) is 5.93. The molecule has 0 bridgehead atoms. The number of rotatable bonds is 54. The highest BCUT2D eigenvalue weighted by molar-refractivity contribution is 5.70. The van der Waals surface area contributed by atoms with Crippen LogP contribution in [0.3, 0.4) is 0 Å². The molecule has 0 N–H and O–H groups in total. The maximum atomic E-state index is 12.8. The number of esters is 2. The number of quaternary nitrogens is 1. The minimum Gasteiger partial charge on any atom is -0.545 e. The Labute approximate surface area is 409 Å². The monoisotopic (exact) mass is 938 g/mol. The molecule has 0 aliphatic heterocycles. The van der Waals surface area contributed by atoms with Gasteiger partial charge < -0.3 is 33.3 Å². The molecule has 0 saturated carbocycles. The fourth-order valence-electron chi connectivity index (χ4n) is 8.66. The van der Waals surface area contributed by atoms with E-state index in [-0.39, 0.29) is 32.2 Å². The Morgan fingerprint density at radius 3 is 0.970 bits per heavy atom. The van der Waals surface area contributed by atoms with E-state index >= 15 is 0 Å². The van der Waals surface area contributed by atoms with Crippen LogP contribution in [0.15, 0.2) is 0 Å². The fraction of sp³-hybridized carbons (Fsp3) is 0.947. The SMILES string of the molecule is CCCCCCCCCCCCCCCCCCCCCCCCCCCCCCCCC(=O)OC(COC(=O)CCCCCCCCCCCCC)COC(OCC[N+](C)(C)C)C(=O)[O-]. The molecule has 0 rings (SSSR count). The second-order valence-electron chi connectivity index (χ2n) is 21.0. The molecule has 9 nitrogen and oxygen atoms in total. The van der Waals surface area contributed by atoms with E-state index in [0.717, 1.165) is 38.5 Å². The highest BCUT2D eigenvalue weighted by Gasteiger charge is 2.22. The number of unbranched alkanes of at least 4 members (excludes halogenated alkanes) is 39. The number of carbonyl (C=O) groups excluding carboxylic acids is 3. The first-order valence-electron chi connectivity index (χ1n) is 28.7. The lowest BCUT2D eigenvalue weighted by molar-refractivity contribution is -0.870. The summed E-state index contributed by atoms with van der Waals surface area (Å²) in [6.45, 7) is 4.79. The molecule has 0 aromatic carbocycles. The number of carboxylic acid groups (broad SMARTS) is 1. The van der Waals surface area contributed by atoms with Crippen molar-refractivity contribution in [2.45, 2.75) is 302 Å². The summed E-state index contributed by atoms with van der Waals surface area (Å²) in [4.78, 5) is 37.1. The van der Waals surface area contributed by atoms with E-state index in [0.29, 0.717) is 17.4 Å². The lowest BCUT2D eigenvalue weighted by Crippen LogP contribution is -2.44. The van der Waals surface area contributed by atoms with Crippen LogP contribution >= 0.6 is 0 Å². The smallest absolute Gasteiger partial charge is 0.306 e. The maximum absolute atomic E-state index is 12.8. The summed E-state index contributed by atoms with van der Waals surface area (Å²) >= 11 is 0. The molecule has 2 unspecified atom stereocenters. The summed E-state index contributed by atoms with van der Waals surface area (Å²) in [5, 5.41) is 11.7. The third-order valence-electron chi connectivity index (χ3n) is 13.1. The van der Waals surface area contributed by atoms with Crippen LogP contribution in [-0.2, 0) is 33.3 Å². The van der Waals surface area contributed by atoms with Crippen molar-refractivity contribution < 1.29 is 42.9 Å². The van der Waals surface area contributed by atoms with Crippen molar-refractivity contribution in [3.63, 3.8) is 0 Å². The highest BCUT2D eigenvalue weighted by atomic mass is 16.7. The minimum absolute atomic E-state index is 0.153. The highest BCUT2D eigenvalue weighted by Crippen LogP contribution is 2.18. The predicted octanol–water partition coefficient (Wildman–Crippen LogP) is 15.1. The molecule has 66 heavy (non-hydrogen) atoms. The Hall–Kier alpha value is -1.71. The van der Waals surface area contributed by atoms with Crippen LogP contribution in [0.1, 0.15) is 290 Å². The van der Waals surface area contributed by atoms with Crippen molar-refractivity contribution in [1.82, 2.24) is 0 Å². The maximum Gasteiger partial charge on any atom is 0.306 e. The molecular formula is C57H111NO8. The summed E-state index contributed by atoms with van der Waals surface area (Å²) in [5.74, 6) is -2.26. The molecule has 9 heteroatoms. The van der Waals surface area contributed by atoms with Gasteiger partial charge in [0.15, 0.2) is 12.4 Å². The van der Waals surface area contributed by atoms with Crippen molar-refractivity contribution in [2.75, 3.05) is 47.5 Å². The van der Waals surface area contributed by atoms with Crippen molar-refractivity contribution in [1.29, 1.82) is 0 Å². The van der Waals surface area contributed by atoms with Gasteiger partial charge in [0, 0.05) is 12.8 Å². The van der Waals surface area contributed by atoms with Gasteiger partial charge in [-0.15, -0.1) is 0 Å². The molecule has 0 amide bonds. The van der Waals surface area contributed by atoms with Crippen molar-refractivity contribution in [3.05, 3.63) is 0 Å². The average Bonchev–Trinajstić information content (AvgIpc) is 3.28. The van der Waals surface area contributed by atoms with E-state index in [9.17, 15) is 19.5 Å². The van der Waals surface area contributed by atoms with Gasteiger partial charge in [0.2, 0.25) is 0 Å². The van der Waals surface area contributed by atoms with Gasteiger partial charge in [-0.25, -0.2) is 0 Å². The van der Waals surface area contributed by atoms with Crippen LogP contribution in [0.25, 0.3) is 0 Å². The molecule has 392 valence electrons. The standard InChI is InChI=1S/C57H111NO8/c1-6-8-10-12-14-16-18-19-20-21-22-23-24-25-26-27-28-29-30-31-32-33-34-35-36-38-40-42-44-46-48-55(60)66-53(52-65-57(56(61)62)63-50-49-58(3,4)5)51-64-54(59)47-45-43-41-39-37-17-15-13-11-9-7-2/h53,57H,6-52H2,1-5H3. The summed E-state index contributed by atoms with van der Waals surface area (Å²) < 4.78 is 22.6. The van der Waals surface area contributed by atoms with E-state index < -0.39 is 24.3 Å². The molecule has 0 spiro atoms. The first-order valence-corrected chi connectivity index (χ1v) is 28.7. The van der Waals surface area contributed by atoms with Crippen molar-refractivity contribution >= 4 is 17.9 Å². The van der Waals surface area contributed by atoms with Gasteiger partial charge >= 0.3 is 11.9 Å². The number of carboxylic acids is 1. The number of aliphatic carboxylic acids is 1. The molecule has 0 saturated heterocycles. The zero-order valence-electron chi connectivity index (χ0n) is 44.6. The van der Waals surface area contributed by atoms with Crippen molar-refractivity contribution in [3.8, 4) is 0 Å². The third kappa shape index (κ3) is 50.2. The van der Waals surface area contributed by atoms with Crippen LogP contribution in [0.2, 0.25) is 0 Å². The molecule has 0 aromatic rings. The van der Waals surface area contributed by atoms with Crippen molar-refractivity contribution in [2.24, 2.45) is 0 Å². The quantitative estimate of drug-likeness (QED) is 0.0257. The van der Waals surface area contributed by atoms with Crippen LogP contribution in [0.4, 0.5) is 0 Å². The Morgan fingerprint density at radius 1 is 0.394 bits per heavy atom. The molecule has 0 aliphatic carbocycles. The van der Waals surface area contributed by atoms with Gasteiger partial charge in [-0.1, -0.05) is 264 Å². The fourth-order valence-corrected chi connectivity index (χ4v) is 8.66. The van der Waals surface area contributed by atoms with E-state index in [2.05, 4.69) is 13.8 Å². The van der Waals surface area contributed by atoms with Gasteiger partial charge in [-0.2, -0.15) is 0 Å². The summed E-state index contributed by atoms with van der Waals surface area (Å²) in [6.07, 6.45) is 51.7. The molecule has 0 aromatic heterocycles. The van der Waals surface area contributed by atoms with Crippen LogP contribution < -0.4 is 5.11 Å². The number of ether oxygens (including phenoxy) is 4. The normalized spacial score (nSPS) is 12.7. The van der Waals surface area contributed by atoms with E-state index in [1.165, 1.54) is 225 Å². The molecular weight excluding hydrogens is 827 g/mol. The lowest BCUT2D eigenvalue weighted by atomic mass is 10.0. The Bertz CT molecular complexity index is 1050. The third-order valence-corrected chi connectivity index (χ3v) is 13.1. The summed E-state index contributed by atoms with van der Waals surface area (Å²) in [5.41, 5.74) is 0. The minimum atomic E-state index is -1.61. The number of carbonyl (C=O) groups is 3. The van der Waals surface area contributed by atoms with Crippen LogP contribution in [0.5, 0.6) is 0 Å². The largest absolute Gasteiger partial charge is 0.545 e. The Balaban J connectivity index is 4.03. The predicted molar refractivity (Wildman–Crippen MR) is 274 cm³/mol. The van der Waals surface area contributed by atoms with E-state index in [1.807, 2.05) is 21.1 Å². The summed E-state index contributed by atoms with van der Waals surface area (Å²) in [6, 6.07) is 0. The van der Waals surface area contributed by atoms with Gasteiger partial charge in [0.05, 0.1) is 40.3 Å². The molecule has 2 atom stereocenters. The number of hydrogen-bond donors (Lipinski definition) is 0. The Kier molecular flexibility index (Phi) is 48.4. The van der Waals surface area contributed by atoms with Gasteiger partial charge in [-0.3, -0.25) is 9.59 Å². The Morgan fingerprint density at radius 2 is 0.682 bits per heavy atom. The van der Waals surface area contributed by atoms with Crippen LogP contribution in [0, 0.1) is 0 Å². The lowest BCUT2D eigenvalue weighted by Gasteiger charge is -2.26. The molecule has 0 heterocycles. The zero-order chi connectivity index (χ0) is 48.4.